The molecule has 0 spiro atoms. The molecule has 0 unspecified atom stereocenters. The summed E-state index contributed by atoms with van der Waals surface area (Å²) in [4.78, 5) is 33.1. The van der Waals surface area contributed by atoms with Crippen LogP contribution in [0.1, 0.15) is 50.1 Å². The third-order valence-corrected chi connectivity index (χ3v) is 17.5. The van der Waals surface area contributed by atoms with Gasteiger partial charge in [-0.05, 0) is 50.1 Å². The van der Waals surface area contributed by atoms with Crippen molar-refractivity contribution in [3.8, 4) is 0 Å². The summed E-state index contributed by atoms with van der Waals surface area (Å²) in [7, 11) is 0. The van der Waals surface area contributed by atoms with Crippen molar-refractivity contribution < 1.29 is 66.4 Å². The summed E-state index contributed by atoms with van der Waals surface area (Å²) in [5, 5.41) is 0. The van der Waals surface area contributed by atoms with E-state index in [4.69, 9.17) is 56.8 Å². The topological polar surface area (TPSA) is 151 Å². The predicted octanol–water partition coefficient (Wildman–Crippen LogP) is 13.9. The van der Waals surface area contributed by atoms with E-state index in [2.05, 4.69) is 0 Å². The Morgan fingerprint density at radius 1 is 0.299 bits per heavy atom. The van der Waals surface area contributed by atoms with Gasteiger partial charge in [-0.1, -0.05) is 273 Å². The van der Waals surface area contributed by atoms with Crippen molar-refractivity contribution in [1.82, 2.24) is 9.80 Å². The lowest BCUT2D eigenvalue weighted by molar-refractivity contribution is -0.346. The zero-order chi connectivity index (χ0) is 66.1. The van der Waals surface area contributed by atoms with E-state index >= 15 is 0 Å². The van der Waals surface area contributed by atoms with Crippen molar-refractivity contribution in [2.45, 2.75) is 127 Å². The minimum atomic E-state index is -1.26. The highest BCUT2D eigenvalue weighted by atomic mass is 16.7. The van der Waals surface area contributed by atoms with E-state index in [1.165, 1.54) is 0 Å². The van der Waals surface area contributed by atoms with Gasteiger partial charge in [0, 0.05) is 0 Å². The lowest BCUT2D eigenvalue weighted by Crippen LogP contribution is -2.64. The Kier molecular flexibility index (Phi) is 25.2. The molecule has 0 N–H and O–H groups in total. The number of amides is 2. The molecule has 0 bridgehead atoms. The Hall–Kier alpha value is -8.88. The summed E-state index contributed by atoms with van der Waals surface area (Å²) in [5.74, 6) is 0. The number of nitrogens with zero attached hydrogens (tertiary/aromatic N) is 2. The summed E-state index contributed by atoms with van der Waals surface area (Å²) in [6.45, 7) is 1.63. The Balaban J connectivity index is 0.951. The fourth-order valence-corrected chi connectivity index (χ4v) is 12.4. The fourth-order valence-electron chi connectivity index (χ4n) is 12.4. The van der Waals surface area contributed by atoms with Gasteiger partial charge in [-0.25, -0.2) is 9.59 Å². The fraction of sp³-hybridized carbons (Fsp3) is 0.309. The van der Waals surface area contributed by atoms with Gasteiger partial charge in [-0.15, -0.1) is 0 Å². The van der Waals surface area contributed by atoms with Gasteiger partial charge >= 0.3 is 12.2 Å². The van der Waals surface area contributed by atoms with Crippen LogP contribution >= 0.6 is 0 Å². The molecule has 12 rings (SSSR count). The number of hydrogen-bond donors (Lipinski definition) is 0. The van der Waals surface area contributed by atoms with E-state index in [0.29, 0.717) is 0 Å². The van der Waals surface area contributed by atoms with E-state index in [-0.39, 0.29) is 92.4 Å². The van der Waals surface area contributed by atoms with Crippen molar-refractivity contribution in [1.29, 1.82) is 0 Å². The zero-order valence-corrected chi connectivity index (χ0v) is 54.3. The van der Waals surface area contributed by atoms with E-state index in [1.807, 2.05) is 273 Å². The van der Waals surface area contributed by atoms with Crippen molar-refractivity contribution in [3.63, 3.8) is 0 Å². The first kappa shape index (κ1) is 68.1. The molecule has 97 heavy (non-hydrogen) atoms. The van der Waals surface area contributed by atoms with Crippen LogP contribution in [0.2, 0.25) is 0 Å². The van der Waals surface area contributed by atoms with Crippen LogP contribution < -0.4 is 0 Å². The first-order valence-corrected chi connectivity index (χ1v) is 33.3. The van der Waals surface area contributed by atoms with Gasteiger partial charge in [-0.2, -0.15) is 0 Å². The molecule has 0 aliphatic carbocycles. The smallest absolute Gasteiger partial charge is 0.410 e. The van der Waals surface area contributed by atoms with Gasteiger partial charge in [-0.3, -0.25) is 9.80 Å². The average molecular weight is 1310 g/mol. The minimum Gasteiger partial charge on any atom is -0.445 e. The quantitative estimate of drug-likeness (QED) is 0.0393. The lowest BCUT2D eigenvalue weighted by Gasteiger charge is -2.48. The van der Waals surface area contributed by atoms with Crippen LogP contribution in [-0.4, -0.2) is 122 Å². The highest BCUT2D eigenvalue weighted by Crippen LogP contribution is 2.38. The molecule has 2 amide bonds. The van der Waals surface area contributed by atoms with Crippen molar-refractivity contribution >= 4 is 12.2 Å². The molecule has 16 nitrogen and oxygen atoms in total. The Morgan fingerprint density at radius 3 is 0.918 bits per heavy atom. The molecule has 502 valence electrons. The molecule has 16 heteroatoms. The largest absolute Gasteiger partial charge is 0.445 e. The van der Waals surface area contributed by atoms with Crippen molar-refractivity contribution in [2.24, 2.45) is 0 Å². The predicted molar refractivity (Wildman–Crippen MR) is 365 cm³/mol. The third kappa shape index (κ3) is 19.7. The summed E-state index contributed by atoms with van der Waals surface area (Å²) in [6, 6.07) is 86.9. The van der Waals surface area contributed by atoms with Crippen molar-refractivity contribution in [3.05, 3.63) is 323 Å². The number of ether oxygens (including phenoxy) is 12. The Morgan fingerprint density at radius 2 is 0.577 bits per heavy atom. The third-order valence-electron chi connectivity index (χ3n) is 17.5. The van der Waals surface area contributed by atoms with Gasteiger partial charge in [0.1, 0.15) is 62.0 Å². The summed E-state index contributed by atoms with van der Waals surface area (Å²) < 4.78 is 84.1. The molecule has 3 aliphatic rings. The van der Waals surface area contributed by atoms with Gasteiger partial charge in [0.05, 0.1) is 91.2 Å². The van der Waals surface area contributed by atoms with Crippen LogP contribution in [0.15, 0.2) is 273 Å². The number of carbonyl (C=O) groups is 2. The van der Waals surface area contributed by atoms with Crippen LogP contribution in [0.25, 0.3) is 0 Å². The monoisotopic (exact) mass is 1310 g/mol. The molecular formula is C81H84N2O14. The molecule has 3 fully saturated rings. The Labute approximate surface area is 568 Å². The Bertz CT molecular complexity index is 3710. The maximum atomic E-state index is 14.9. The van der Waals surface area contributed by atoms with Gasteiger partial charge in [0.25, 0.3) is 0 Å². The standard InChI is InChI=1S/C81H84N2O14/c84-80(93-55-67-42-24-8-25-43-67)82-46-71(89-51-63-34-16-4-17-35-63)74(69(82)57-86-48-60-28-10-1-11-29-60)96-76-73(59-88-50-62-32-14-3-15-33-62)95-79(78(92-54-66-40-22-7-23-41-66)77(76)91-53-65-38-20-6-21-39-65)97-75-70(58-87-49-61-30-12-2-13-31-61)83(81(85)94-56-68-44-26-9-27-45-68)47-72(75)90-52-64-36-18-5-19-37-64/h1-45,69-79H,46-59H2/t69-,70-,71-,72-,73+,74+,75+,76-,77-,78+,79+/m0/s1. The summed E-state index contributed by atoms with van der Waals surface area (Å²) >= 11 is 0. The van der Waals surface area contributed by atoms with Crippen LogP contribution in [0.4, 0.5) is 9.59 Å². The van der Waals surface area contributed by atoms with E-state index in [0.717, 1.165) is 50.1 Å². The second-order valence-electron chi connectivity index (χ2n) is 24.4. The highest BCUT2D eigenvalue weighted by molar-refractivity contribution is 5.69. The number of benzene rings is 9. The molecule has 0 aromatic heterocycles. The molecule has 3 aliphatic heterocycles. The van der Waals surface area contributed by atoms with E-state index in [1.54, 1.807) is 9.80 Å². The van der Waals surface area contributed by atoms with Crippen LogP contribution in [0.3, 0.4) is 0 Å². The maximum Gasteiger partial charge on any atom is 0.410 e. The molecule has 9 aromatic rings. The summed E-state index contributed by atoms with van der Waals surface area (Å²) in [5.41, 5.74) is 8.13. The molecule has 3 saturated heterocycles. The van der Waals surface area contributed by atoms with Gasteiger partial charge in [0.15, 0.2) is 6.29 Å². The van der Waals surface area contributed by atoms with Crippen LogP contribution in [0, 0.1) is 0 Å². The molecule has 11 atom stereocenters. The number of likely N-dealkylation sites (tertiary alicyclic amines) is 2. The first-order chi connectivity index (χ1) is 47.9. The first-order valence-electron chi connectivity index (χ1n) is 33.3. The number of carbonyl (C=O) groups excluding carboxylic acids is 2. The molecule has 3 heterocycles. The minimum absolute atomic E-state index is 0.0286. The normalized spacial score (nSPS) is 22.3. The zero-order valence-electron chi connectivity index (χ0n) is 54.3. The SMILES string of the molecule is O=C(OCc1ccccc1)N1C[C@H](OCc2ccccc2)[C@H](O[C@H]2O[C@H](COCc3ccccc3)[C@H](O[C@H]3[C@@H](OCc4ccccc4)CN(C(=O)OCc4ccccc4)[C@H]3COCc3ccccc3)[C@H](OCc3ccccc3)[C@H]2OCc2ccccc2)[C@@H]1COCc1ccccc1. The summed E-state index contributed by atoms with van der Waals surface area (Å²) in [6.07, 6.45) is -9.84. The number of hydrogen-bond acceptors (Lipinski definition) is 14. The van der Waals surface area contributed by atoms with E-state index in [9.17, 15) is 9.59 Å². The maximum absolute atomic E-state index is 14.9. The molecule has 0 saturated carbocycles. The highest BCUT2D eigenvalue weighted by Gasteiger charge is 2.56. The van der Waals surface area contributed by atoms with Gasteiger partial charge < -0.3 is 56.8 Å². The van der Waals surface area contributed by atoms with Crippen LogP contribution in [-0.2, 0) is 116 Å². The van der Waals surface area contributed by atoms with Crippen molar-refractivity contribution in [2.75, 3.05) is 32.9 Å². The van der Waals surface area contributed by atoms with Crippen LogP contribution in [0.5, 0.6) is 0 Å². The van der Waals surface area contributed by atoms with E-state index < -0.39 is 79.4 Å². The number of rotatable bonds is 32. The van der Waals surface area contributed by atoms with Gasteiger partial charge in [0.2, 0.25) is 0 Å². The molecule has 9 aromatic carbocycles. The molecule has 0 radical (unpaired) electrons. The second kappa shape index (κ2) is 35.9. The lowest BCUT2D eigenvalue weighted by atomic mass is 9.96. The molecular weight excluding hydrogens is 1220 g/mol. The second-order valence-corrected chi connectivity index (χ2v) is 24.4. The average Bonchev–Trinajstić information content (AvgIpc) is 1.76.